The first-order valence-electron chi connectivity index (χ1n) is 7.44. The van der Waals surface area contributed by atoms with Gasteiger partial charge in [0.2, 0.25) is 0 Å². The zero-order chi connectivity index (χ0) is 14.2. The van der Waals surface area contributed by atoms with Gasteiger partial charge in [0.25, 0.3) is 0 Å². The van der Waals surface area contributed by atoms with Crippen molar-refractivity contribution in [2.24, 2.45) is 0 Å². The summed E-state index contributed by atoms with van der Waals surface area (Å²) < 4.78 is 0. The maximum atomic E-state index is 3.62. The van der Waals surface area contributed by atoms with E-state index in [0.717, 1.165) is 13.0 Å². The third-order valence-corrected chi connectivity index (χ3v) is 4.23. The van der Waals surface area contributed by atoms with Crippen LogP contribution in [0.15, 0.2) is 48.5 Å². The van der Waals surface area contributed by atoms with Gasteiger partial charge in [0.15, 0.2) is 0 Å². The Labute approximate surface area is 122 Å². The number of rotatable bonds is 2. The molecule has 0 aromatic heterocycles. The zero-order valence-electron chi connectivity index (χ0n) is 12.6. The lowest BCUT2D eigenvalue weighted by Gasteiger charge is -2.19. The number of nitrogens with one attached hydrogen (secondary N) is 1. The van der Waals surface area contributed by atoms with Gasteiger partial charge in [0.05, 0.1) is 0 Å². The molecule has 0 saturated carbocycles. The van der Waals surface area contributed by atoms with Crippen LogP contribution < -0.4 is 5.32 Å². The van der Waals surface area contributed by atoms with E-state index in [0.29, 0.717) is 6.04 Å². The highest BCUT2D eigenvalue weighted by atomic mass is 14.9. The molecule has 0 saturated heterocycles. The van der Waals surface area contributed by atoms with Gasteiger partial charge in [0.1, 0.15) is 0 Å². The molecule has 0 fully saturated rings. The average Bonchev–Trinajstić information content (AvgIpc) is 2.82. The minimum atomic E-state index is 0.233. The first-order valence-corrected chi connectivity index (χ1v) is 7.44. The summed E-state index contributed by atoms with van der Waals surface area (Å²) in [6.07, 6.45) is 1.07. The molecule has 1 N–H and O–H groups in total. The van der Waals surface area contributed by atoms with Gasteiger partial charge in [-0.05, 0) is 34.1 Å². The molecule has 104 valence electrons. The molecule has 1 heterocycles. The van der Waals surface area contributed by atoms with E-state index in [1.165, 1.54) is 22.3 Å². The van der Waals surface area contributed by atoms with Crippen LogP contribution in [0.1, 0.15) is 49.1 Å². The third kappa shape index (κ3) is 2.64. The molecule has 0 aliphatic carbocycles. The molecule has 1 heteroatoms. The maximum absolute atomic E-state index is 3.62. The molecule has 1 unspecified atom stereocenters. The first kappa shape index (κ1) is 13.4. The SMILES string of the molecule is CC(C)(C)c1ccc(CC2NCc3ccccc32)cc1. The summed E-state index contributed by atoms with van der Waals surface area (Å²) in [6, 6.07) is 18.3. The summed E-state index contributed by atoms with van der Waals surface area (Å²) in [7, 11) is 0. The van der Waals surface area contributed by atoms with E-state index in [9.17, 15) is 0 Å². The highest BCUT2D eigenvalue weighted by molar-refractivity contribution is 5.36. The molecule has 0 radical (unpaired) electrons. The summed E-state index contributed by atoms with van der Waals surface area (Å²) >= 11 is 0. The molecule has 0 amide bonds. The first-order chi connectivity index (χ1) is 9.54. The van der Waals surface area contributed by atoms with Gasteiger partial charge >= 0.3 is 0 Å². The van der Waals surface area contributed by atoms with Gasteiger partial charge in [0, 0.05) is 12.6 Å². The van der Waals surface area contributed by atoms with E-state index >= 15 is 0 Å². The lowest BCUT2D eigenvalue weighted by atomic mass is 9.86. The third-order valence-electron chi connectivity index (χ3n) is 4.23. The summed E-state index contributed by atoms with van der Waals surface area (Å²) in [5.41, 5.74) is 5.96. The van der Waals surface area contributed by atoms with Crippen LogP contribution in [0.25, 0.3) is 0 Å². The van der Waals surface area contributed by atoms with Gasteiger partial charge in [-0.25, -0.2) is 0 Å². The predicted octanol–water partition coefficient (Wildman–Crippen LogP) is 4.37. The average molecular weight is 265 g/mol. The molecule has 1 nitrogen and oxygen atoms in total. The molecule has 0 bridgehead atoms. The van der Waals surface area contributed by atoms with Crippen LogP contribution in [0.4, 0.5) is 0 Å². The van der Waals surface area contributed by atoms with Gasteiger partial charge < -0.3 is 5.32 Å². The maximum Gasteiger partial charge on any atom is 0.0367 e. The van der Waals surface area contributed by atoms with E-state index in [1.807, 2.05) is 0 Å². The molecule has 1 aliphatic heterocycles. The van der Waals surface area contributed by atoms with E-state index in [2.05, 4.69) is 74.6 Å². The largest absolute Gasteiger partial charge is 0.306 e. The van der Waals surface area contributed by atoms with Crippen molar-refractivity contribution in [1.82, 2.24) is 5.32 Å². The monoisotopic (exact) mass is 265 g/mol. The molecule has 0 spiro atoms. The fourth-order valence-corrected chi connectivity index (χ4v) is 2.94. The second-order valence-corrected chi connectivity index (χ2v) is 6.78. The Morgan fingerprint density at radius 1 is 1.00 bits per heavy atom. The second-order valence-electron chi connectivity index (χ2n) is 6.78. The number of hydrogen-bond donors (Lipinski definition) is 1. The Morgan fingerprint density at radius 2 is 1.70 bits per heavy atom. The molecule has 3 rings (SSSR count). The summed E-state index contributed by atoms with van der Waals surface area (Å²) in [5.74, 6) is 0. The van der Waals surface area contributed by atoms with Gasteiger partial charge in [-0.3, -0.25) is 0 Å². The van der Waals surface area contributed by atoms with Crippen LogP contribution in [0.2, 0.25) is 0 Å². The fraction of sp³-hybridized carbons (Fsp3) is 0.368. The molecule has 20 heavy (non-hydrogen) atoms. The molecule has 2 aromatic rings. The minimum absolute atomic E-state index is 0.233. The van der Waals surface area contributed by atoms with E-state index in [1.54, 1.807) is 0 Å². The lowest BCUT2D eigenvalue weighted by Crippen LogP contribution is -2.15. The second kappa shape index (κ2) is 5.06. The molecule has 2 aromatic carbocycles. The van der Waals surface area contributed by atoms with Crippen molar-refractivity contribution in [1.29, 1.82) is 0 Å². The van der Waals surface area contributed by atoms with Gasteiger partial charge in [-0.1, -0.05) is 69.3 Å². The van der Waals surface area contributed by atoms with Crippen molar-refractivity contribution in [2.45, 2.75) is 45.2 Å². The van der Waals surface area contributed by atoms with Crippen LogP contribution in [0, 0.1) is 0 Å². The minimum Gasteiger partial charge on any atom is -0.306 e. The van der Waals surface area contributed by atoms with Gasteiger partial charge in [-0.15, -0.1) is 0 Å². The summed E-state index contributed by atoms with van der Waals surface area (Å²) in [6.45, 7) is 7.78. The quantitative estimate of drug-likeness (QED) is 0.850. The van der Waals surface area contributed by atoms with Crippen molar-refractivity contribution < 1.29 is 0 Å². The number of benzene rings is 2. The predicted molar refractivity (Wildman–Crippen MR) is 84.9 cm³/mol. The van der Waals surface area contributed by atoms with Gasteiger partial charge in [-0.2, -0.15) is 0 Å². The lowest BCUT2D eigenvalue weighted by molar-refractivity contribution is 0.577. The summed E-state index contributed by atoms with van der Waals surface area (Å²) in [4.78, 5) is 0. The smallest absolute Gasteiger partial charge is 0.0367 e. The molecule has 1 atom stereocenters. The summed E-state index contributed by atoms with van der Waals surface area (Å²) in [5, 5.41) is 3.62. The normalized spacial score (nSPS) is 18.1. The fourth-order valence-electron chi connectivity index (χ4n) is 2.94. The van der Waals surface area contributed by atoms with Crippen LogP contribution in [0.3, 0.4) is 0 Å². The van der Waals surface area contributed by atoms with Crippen LogP contribution in [-0.2, 0) is 18.4 Å². The van der Waals surface area contributed by atoms with Crippen LogP contribution in [-0.4, -0.2) is 0 Å². The Bertz CT molecular complexity index is 590. The highest BCUT2D eigenvalue weighted by Crippen LogP contribution is 2.29. The standard InChI is InChI=1S/C19H23N/c1-19(2,3)16-10-8-14(9-11-16)12-18-17-7-5-4-6-15(17)13-20-18/h4-11,18,20H,12-13H2,1-3H3. The molecular weight excluding hydrogens is 242 g/mol. The number of fused-ring (bicyclic) bond motifs is 1. The Kier molecular flexibility index (Phi) is 3.39. The zero-order valence-corrected chi connectivity index (χ0v) is 12.6. The van der Waals surface area contributed by atoms with Crippen molar-refractivity contribution >= 4 is 0 Å². The Hall–Kier alpha value is -1.60. The molecule has 1 aliphatic rings. The van der Waals surface area contributed by atoms with E-state index in [-0.39, 0.29) is 5.41 Å². The van der Waals surface area contributed by atoms with Crippen LogP contribution in [0.5, 0.6) is 0 Å². The van der Waals surface area contributed by atoms with E-state index in [4.69, 9.17) is 0 Å². The van der Waals surface area contributed by atoms with Crippen molar-refractivity contribution in [2.75, 3.05) is 0 Å². The van der Waals surface area contributed by atoms with Crippen molar-refractivity contribution in [3.8, 4) is 0 Å². The molecular formula is C19H23N. The van der Waals surface area contributed by atoms with E-state index < -0.39 is 0 Å². The van der Waals surface area contributed by atoms with Crippen LogP contribution >= 0.6 is 0 Å². The van der Waals surface area contributed by atoms with Crippen molar-refractivity contribution in [3.05, 3.63) is 70.8 Å². The Balaban J connectivity index is 1.76. The highest BCUT2D eigenvalue weighted by Gasteiger charge is 2.21. The van der Waals surface area contributed by atoms with Crippen molar-refractivity contribution in [3.63, 3.8) is 0 Å². The number of hydrogen-bond acceptors (Lipinski definition) is 1. The topological polar surface area (TPSA) is 12.0 Å². The Morgan fingerprint density at radius 3 is 2.40 bits per heavy atom.